The summed E-state index contributed by atoms with van der Waals surface area (Å²) in [6.07, 6.45) is 1.76. The Kier molecular flexibility index (Phi) is 6.13. The fourth-order valence-electron chi connectivity index (χ4n) is 3.69. The van der Waals surface area contributed by atoms with E-state index in [1.807, 2.05) is 96.4 Å². The summed E-state index contributed by atoms with van der Waals surface area (Å²) >= 11 is 0. The van der Waals surface area contributed by atoms with Crippen LogP contribution in [0.5, 0.6) is 5.75 Å². The molecule has 0 atom stereocenters. The zero-order chi connectivity index (χ0) is 21.6. The molecule has 0 unspecified atom stereocenters. The number of hydrogen-bond donors (Lipinski definition) is 0. The lowest BCUT2D eigenvalue weighted by atomic mass is 10.1. The van der Waals surface area contributed by atoms with Crippen LogP contribution >= 0.6 is 0 Å². The third-order valence-corrected chi connectivity index (χ3v) is 5.19. The average Bonchev–Trinajstić information content (AvgIpc) is 3.18. The first kappa shape index (κ1) is 20.4. The van der Waals surface area contributed by atoms with Crippen molar-refractivity contribution in [2.45, 2.75) is 13.5 Å². The van der Waals surface area contributed by atoms with Crippen LogP contribution in [0.1, 0.15) is 17.3 Å². The van der Waals surface area contributed by atoms with Crippen molar-refractivity contribution >= 4 is 28.3 Å². The Hall–Kier alpha value is -3.86. The molecule has 4 aromatic rings. The number of benzene rings is 3. The first-order valence-corrected chi connectivity index (χ1v) is 10.3. The van der Waals surface area contributed by atoms with Crippen LogP contribution < -0.4 is 9.64 Å². The van der Waals surface area contributed by atoms with Crippen LogP contribution in [0.4, 0.5) is 5.69 Å². The lowest BCUT2D eigenvalue weighted by Crippen LogP contribution is -2.33. The average molecular weight is 412 g/mol. The fourth-order valence-corrected chi connectivity index (χ4v) is 3.69. The van der Waals surface area contributed by atoms with Crippen LogP contribution in [0.25, 0.3) is 10.9 Å². The maximum Gasteiger partial charge on any atom is 0.246 e. The maximum absolute atomic E-state index is 13.1. The van der Waals surface area contributed by atoms with E-state index in [0.29, 0.717) is 17.9 Å². The molecule has 5 nitrogen and oxygen atoms in total. The van der Waals surface area contributed by atoms with Gasteiger partial charge in [-0.1, -0.05) is 54.6 Å². The number of nitrogens with zero attached hydrogens (tertiary/aromatic N) is 2. The normalized spacial score (nSPS) is 10.7. The summed E-state index contributed by atoms with van der Waals surface area (Å²) in [7, 11) is 0. The summed E-state index contributed by atoms with van der Waals surface area (Å²) in [5.41, 5.74) is 2.27. The topological polar surface area (TPSA) is 51.5 Å². The van der Waals surface area contributed by atoms with Crippen LogP contribution in [0, 0.1) is 0 Å². The van der Waals surface area contributed by atoms with Crippen molar-refractivity contribution < 1.29 is 14.3 Å². The number of ketones is 1. The lowest BCUT2D eigenvalue weighted by molar-refractivity contribution is -0.119. The number of anilines is 1. The van der Waals surface area contributed by atoms with Gasteiger partial charge < -0.3 is 14.2 Å². The van der Waals surface area contributed by atoms with Crippen molar-refractivity contribution in [2.24, 2.45) is 0 Å². The largest absolute Gasteiger partial charge is 0.485 e. The molecule has 0 N–H and O–H groups in total. The SMILES string of the molecule is CCN(C(=O)Cn1cc(C(=O)COc2ccccc2)c2ccccc21)c1ccccc1. The van der Waals surface area contributed by atoms with E-state index >= 15 is 0 Å². The van der Waals surface area contributed by atoms with Gasteiger partial charge in [0.25, 0.3) is 0 Å². The first-order valence-electron chi connectivity index (χ1n) is 10.3. The Morgan fingerprint density at radius 2 is 1.52 bits per heavy atom. The molecule has 0 spiro atoms. The molecule has 1 amide bonds. The van der Waals surface area contributed by atoms with Crippen molar-refractivity contribution in [3.63, 3.8) is 0 Å². The number of hydrogen-bond acceptors (Lipinski definition) is 3. The monoisotopic (exact) mass is 412 g/mol. The molecule has 0 bridgehead atoms. The predicted octanol–water partition coefficient (Wildman–Crippen LogP) is 4.96. The highest BCUT2D eigenvalue weighted by molar-refractivity contribution is 6.09. The van der Waals surface area contributed by atoms with E-state index in [4.69, 9.17) is 4.74 Å². The van der Waals surface area contributed by atoms with Gasteiger partial charge in [0.05, 0.1) is 0 Å². The molecule has 0 radical (unpaired) electrons. The van der Waals surface area contributed by atoms with Gasteiger partial charge in [-0.2, -0.15) is 0 Å². The van der Waals surface area contributed by atoms with E-state index in [0.717, 1.165) is 16.6 Å². The van der Waals surface area contributed by atoms with Crippen molar-refractivity contribution in [2.75, 3.05) is 18.1 Å². The number of para-hydroxylation sites is 3. The highest BCUT2D eigenvalue weighted by Gasteiger charge is 2.19. The molecule has 0 aliphatic rings. The smallest absolute Gasteiger partial charge is 0.246 e. The summed E-state index contributed by atoms with van der Waals surface area (Å²) in [4.78, 5) is 27.7. The Bertz CT molecular complexity index is 1180. The zero-order valence-electron chi connectivity index (χ0n) is 17.4. The van der Waals surface area contributed by atoms with E-state index in [1.165, 1.54) is 0 Å². The Labute approximate surface area is 181 Å². The van der Waals surface area contributed by atoms with Crippen molar-refractivity contribution in [1.82, 2.24) is 4.57 Å². The highest BCUT2D eigenvalue weighted by atomic mass is 16.5. The van der Waals surface area contributed by atoms with Gasteiger partial charge in [0.15, 0.2) is 6.61 Å². The number of fused-ring (bicyclic) bond motifs is 1. The van der Waals surface area contributed by atoms with Crippen LogP contribution in [-0.2, 0) is 11.3 Å². The summed E-state index contributed by atoms with van der Waals surface area (Å²) in [6, 6.07) is 26.5. The minimum atomic E-state index is -0.123. The van der Waals surface area contributed by atoms with Crippen LogP contribution in [0.3, 0.4) is 0 Å². The molecule has 1 aromatic heterocycles. The molecule has 0 saturated carbocycles. The molecule has 156 valence electrons. The predicted molar refractivity (Wildman–Crippen MR) is 123 cm³/mol. The minimum Gasteiger partial charge on any atom is -0.485 e. The molecule has 5 heteroatoms. The maximum atomic E-state index is 13.1. The molecule has 3 aromatic carbocycles. The molecule has 4 rings (SSSR count). The second-order valence-electron chi connectivity index (χ2n) is 7.19. The molecular formula is C26H24N2O3. The van der Waals surface area contributed by atoms with Gasteiger partial charge in [0, 0.05) is 34.9 Å². The number of rotatable bonds is 8. The Balaban J connectivity index is 1.57. The molecule has 31 heavy (non-hydrogen) atoms. The van der Waals surface area contributed by atoms with E-state index in [-0.39, 0.29) is 24.8 Å². The summed E-state index contributed by atoms with van der Waals surface area (Å²) in [5.74, 6) is 0.492. The van der Waals surface area contributed by atoms with Gasteiger partial charge in [-0.15, -0.1) is 0 Å². The molecule has 0 saturated heterocycles. The van der Waals surface area contributed by atoms with Gasteiger partial charge in [0.2, 0.25) is 11.7 Å². The van der Waals surface area contributed by atoms with E-state index < -0.39 is 0 Å². The number of Topliss-reactive ketones (excluding diaryl/α,β-unsaturated/α-hetero) is 1. The number of carbonyl (C=O) groups excluding carboxylic acids is 2. The number of aromatic nitrogens is 1. The molecule has 1 heterocycles. The highest BCUT2D eigenvalue weighted by Crippen LogP contribution is 2.23. The quantitative estimate of drug-likeness (QED) is 0.385. The first-order chi connectivity index (χ1) is 15.2. The third kappa shape index (κ3) is 4.51. The van der Waals surface area contributed by atoms with E-state index in [1.54, 1.807) is 11.1 Å². The summed E-state index contributed by atoms with van der Waals surface area (Å²) in [5, 5.41) is 0.819. The molecule has 0 aliphatic carbocycles. The van der Waals surface area contributed by atoms with Gasteiger partial charge >= 0.3 is 0 Å². The number of amides is 1. The van der Waals surface area contributed by atoms with E-state index in [9.17, 15) is 9.59 Å². The molecule has 0 fully saturated rings. The minimum absolute atomic E-state index is 0.0333. The van der Waals surface area contributed by atoms with Crippen LogP contribution in [0.15, 0.2) is 91.1 Å². The Morgan fingerprint density at radius 3 is 2.23 bits per heavy atom. The second kappa shape index (κ2) is 9.30. The second-order valence-corrected chi connectivity index (χ2v) is 7.19. The van der Waals surface area contributed by atoms with Crippen molar-refractivity contribution in [3.05, 3.63) is 96.7 Å². The van der Waals surface area contributed by atoms with Crippen molar-refractivity contribution in [1.29, 1.82) is 0 Å². The zero-order valence-corrected chi connectivity index (χ0v) is 17.4. The van der Waals surface area contributed by atoms with Crippen LogP contribution in [-0.4, -0.2) is 29.4 Å². The Morgan fingerprint density at radius 1 is 0.871 bits per heavy atom. The number of likely N-dealkylation sites (N-methyl/N-ethyl adjacent to an activating group) is 1. The molecular weight excluding hydrogens is 388 g/mol. The van der Waals surface area contributed by atoms with Crippen LogP contribution in [0.2, 0.25) is 0 Å². The number of carbonyl (C=O) groups is 2. The standard InChI is InChI=1S/C26H24N2O3/c1-2-28(20-11-5-3-6-12-20)26(30)18-27-17-23(22-15-9-10-16-24(22)27)25(29)19-31-21-13-7-4-8-14-21/h3-17H,2,18-19H2,1H3. The van der Waals surface area contributed by atoms with Gasteiger partial charge in [-0.25, -0.2) is 0 Å². The van der Waals surface area contributed by atoms with Gasteiger partial charge in [0.1, 0.15) is 12.3 Å². The third-order valence-electron chi connectivity index (χ3n) is 5.19. The fraction of sp³-hybridized carbons (Fsp3) is 0.154. The van der Waals surface area contributed by atoms with Crippen molar-refractivity contribution in [3.8, 4) is 5.75 Å². The molecule has 0 aliphatic heterocycles. The van der Waals surface area contributed by atoms with E-state index in [2.05, 4.69) is 0 Å². The van der Waals surface area contributed by atoms with Gasteiger partial charge in [-0.05, 0) is 37.3 Å². The lowest BCUT2D eigenvalue weighted by Gasteiger charge is -2.21. The summed E-state index contributed by atoms with van der Waals surface area (Å²) in [6.45, 7) is 2.61. The number of ether oxygens (including phenoxy) is 1. The summed E-state index contributed by atoms with van der Waals surface area (Å²) < 4.78 is 7.49. The van der Waals surface area contributed by atoms with Gasteiger partial charge in [-0.3, -0.25) is 9.59 Å².